The van der Waals surface area contributed by atoms with Gasteiger partial charge in [-0.2, -0.15) is 9.65 Å². The maximum Gasteiger partial charge on any atom is 0.305 e. The van der Waals surface area contributed by atoms with Gasteiger partial charge in [-0.3, -0.25) is 10.1 Å². The van der Waals surface area contributed by atoms with E-state index in [1.54, 1.807) is 6.07 Å². The molecule has 0 spiro atoms. The Morgan fingerprint density at radius 3 is 2.68 bits per heavy atom. The molecule has 94 valence electrons. The van der Waals surface area contributed by atoms with Crippen molar-refractivity contribution in [2.24, 2.45) is 0 Å². The number of aromatic nitrogens is 2. The molecule has 8 heteroatoms. The standard InChI is InChI=1S/C11H5FN4O3/c12-9-3-8(1-2-10(9)16(17)18)19-11-6-14-7(4-13)5-15-11/h1-3,5-6H. The first-order valence-electron chi connectivity index (χ1n) is 4.94. The van der Waals surface area contributed by atoms with E-state index in [1.807, 2.05) is 0 Å². The number of nitro benzene ring substituents is 1. The number of hydrogen-bond donors (Lipinski definition) is 0. The predicted molar refractivity (Wildman–Crippen MR) is 59.9 cm³/mol. The zero-order chi connectivity index (χ0) is 13.8. The molecule has 19 heavy (non-hydrogen) atoms. The Balaban J connectivity index is 2.21. The fourth-order valence-corrected chi connectivity index (χ4v) is 1.25. The van der Waals surface area contributed by atoms with Crippen molar-refractivity contribution >= 4 is 5.69 Å². The Bertz CT molecular complexity index is 667. The first kappa shape index (κ1) is 12.4. The van der Waals surface area contributed by atoms with Crippen molar-refractivity contribution < 1.29 is 14.1 Å². The number of halogens is 1. The second kappa shape index (κ2) is 5.05. The molecule has 0 unspecified atom stereocenters. The third-order valence-electron chi connectivity index (χ3n) is 2.08. The molecule has 0 radical (unpaired) electrons. The van der Waals surface area contributed by atoms with Crippen LogP contribution >= 0.6 is 0 Å². The number of nitro groups is 1. The Labute approximate surface area is 106 Å². The van der Waals surface area contributed by atoms with Gasteiger partial charge in [-0.1, -0.05) is 0 Å². The molecule has 0 N–H and O–H groups in total. The molecule has 0 aliphatic rings. The molecule has 7 nitrogen and oxygen atoms in total. The van der Waals surface area contributed by atoms with Gasteiger partial charge in [0.05, 0.1) is 17.3 Å². The minimum absolute atomic E-state index is 0.0436. The van der Waals surface area contributed by atoms with Gasteiger partial charge in [-0.25, -0.2) is 9.97 Å². The topological polar surface area (TPSA) is 102 Å². The van der Waals surface area contributed by atoms with Crippen molar-refractivity contribution in [1.82, 2.24) is 9.97 Å². The van der Waals surface area contributed by atoms with E-state index in [-0.39, 0.29) is 17.3 Å². The number of nitriles is 1. The van der Waals surface area contributed by atoms with Crippen LogP contribution in [0.15, 0.2) is 30.6 Å². The van der Waals surface area contributed by atoms with Gasteiger partial charge in [0.15, 0.2) is 5.69 Å². The van der Waals surface area contributed by atoms with Crippen LogP contribution in [0.1, 0.15) is 5.69 Å². The molecule has 1 aromatic heterocycles. The van der Waals surface area contributed by atoms with Crippen LogP contribution in [-0.4, -0.2) is 14.9 Å². The Kier molecular flexibility index (Phi) is 3.29. The summed E-state index contributed by atoms with van der Waals surface area (Å²) in [6, 6.07) is 4.88. The zero-order valence-corrected chi connectivity index (χ0v) is 9.28. The summed E-state index contributed by atoms with van der Waals surface area (Å²) in [6.07, 6.45) is 2.38. The minimum Gasteiger partial charge on any atom is -0.437 e. The van der Waals surface area contributed by atoms with Crippen molar-refractivity contribution in [1.29, 1.82) is 5.26 Å². The van der Waals surface area contributed by atoms with Gasteiger partial charge < -0.3 is 4.74 Å². The quantitative estimate of drug-likeness (QED) is 0.619. The Hall–Kier alpha value is -3.08. The first-order chi connectivity index (χ1) is 9.10. The van der Waals surface area contributed by atoms with Crippen molar-refractivity contribution in [3.8, 4) is 17.7 Å². The van der Waals surface area contributed by atoms with E-state index in [0.717, 1.165) is 12.1 Å². The predicted octanol–water partition coefficient (Wildman–Crippen LogP) is 2.19. The van der Waals surface area contributed by atoms with Crippen LogP contribution in [-0.2, 0) is 0 Å². The van der Waals surface area contributed by atoms with E-state index in [4.69, 9.17) is 10.00 Å². The van der Waals surface area contributed by atoms with Gasteiger partial charge in [0.1, 0.15) is 11.8 Å². The summed E-state index contributed by atoms with van der Waals surface area (Å²) in [4.78, 5) is 17.1. The summed E-state index contributed by atoms with van der Waals surface area (Å²) in [5.41, 5.74) is -0.527. The second-order valence-corrected chi connectivity index (χ2v) is 3.32. The third kappa shape index (κ3) is 2.78. The van der Waals surface area contributed by atoms with Crippen molar-refractivity contribution in [2.75, 3.05) is 0 Å². The highest BCUT2D eigenvalue weighted by molar-refractivity contribution is 5.39. The highest BCUT2D eigenvalue weighted by Crippen LogP contribution is 2.25. The summed E-state index contributed by atoms with van der Waals surface area (Å²) < 4.78 is 18.5. The maximum absolute atomic E-state index is 13.3. The number of rotatable bonds is 3. The molecule has 1 aromatic carbocycles. The Morgan fingerprint density at radius 2 is 2.16 bits per heavy atom. The minimum atomic E-state index is -1.01. The lowest BCUT2D eigenvalue weighted by molar-refractivity contribution is -0.387. The fraction of sp³-hybridized carbons (Fsp3) is 0. The fourth-order valence-electron chi connectivity index (χ4n) is 1.25. The molecule has 2 rings (SSSR count). The maximum atomic E-state index is 13.3. The van der Waals surface area contributed by atoms with Gasteiger partial charge in [-0.15, -0.1) is 0 Å². The lowest BCUT2D eigenvalue weighted by atomic mass is 10.3. The van der Waals surface area contributed by atoms with Gasteiger partial charge in [0.25, 0.3) is 0 Å². The SMILES string of the molecule is N#Cc1cnc(Oc2ccc([N+](=O)[O-])c(F)c2)cn1. The molecule has 2 aromatic rings. The van der Waals surface area contributed by atoms with Crippen LogP contribution in [0.5, 0.6) is 11.6 Å². The van der Waals surface area contributed by atoms with E-state index >= 15 is 0 Å². The van der Waals surface area contributed by atoms with Crippen LogP contribution in [0, 0.1) is 27.3 Å². The van der Waals surface area contributed by atoms with Crippen LogP contribution in [0.4, 0.5) is 10.1 Å². The van der Waals surface area contributed by atoms with E-state index in [2.05, 4.69) is 9.97 Å². The largest absolute Gasteiger partial charge is 0.437 e. The molecular formula is C11H5FN4O3. The van der Waals surface area contributed by atoms with Gasteiger partial charge >= 0.3 is 5.69 Å². The van der Waals surface area contributed by atoms with Crippen LogP contribution < -0.4 is 4.74 Å². The number of hydrogen-bond acceptors (Lipinski definition) is 6. The van der Waals surface area contributed by atoms with Crippen molar-refractivity contribution in [2.45, 2.75) is 0 Å². The monoisotopic (exact) mass is 260 g/mol. The van der Waals surface area contributed by atoms with Gasteiger partial charge in [0.2, 0.25) is 11.7 Å². The van der Waals surface area contributed by atoms with Crippen LogP contribution in [0.3, 0.4) is 0 Å². The summed E-state index contributed by atoms with van der Waals surface area (Å²) in [5.74, 6) is -0.918. The summed E-state index contributed by atoms with van der Waals surface area (Å²) in [5, 5.41) is 19.0. The van der Waals surface area contributed by atoms with Crippen molar-refractivity contribution in [3.05, 3.63) is 52.2 Å². The normalized spacial score (nSPS) is 9.68. The second-order valence-electron chi connectivity index (χ2n) is 3.32. The average molecular weight is 260 g/mol. The first-order valence-corrected chi connectivity index (χ1v) is 4.94. The number of ether oxygens (including phenoxy) is 1. The zero-order valence-electron chi connectivity index (χ0n) is 9.28. The molecule has 0 bridgehead atoms. The van der Waals surface area contributed by atoms with E-state index in [1.165, 1.54) is 18.5 Å². The summed E-state index contributed by atoms with van der Waals surface area (Å²) in [7, 11) is 0. The Morgan fingerprint density at radius 1 is 1.37 bits per heavy atom. The highest BCUT2D eigenvalue weighted by Gasteiger charge is 2.14. The molecular weight excluding hydrogens is 255 g/mol. The van der Waals surface area contributed by atoms with Gasteiger partial charge in [-0.05, 0) is 6.07 Å². The summed E-state index contributed by atoms with van der Waals surface area (Å²) >= 11 is 0. The van der Waals surface area contributed by atoms with E-state index < -0.39 is 16.4 Å². The third-order valence-corrected chi connectivity index (χ3v) is 2.08. The average Bonchev–Trinajstić information content (AvgIpc) is 2.39. The van der Waals surface area contributed by atoms with E-state index in [9.17, 15) is 14.5 Å². The molecule has 0 aliphatic heterocycles. The van der Waals surface area contributed by atoms with Crippen LogP contribution in [0.25, 0.3) is 0 Å². The molecule has 0 amide bonds. The molecule has 0 fully saturated rings. The van der Waals surface area contributed by atoms with Crippen LogP contribution in [0.2, 0.25) is 0 Å². The molecule has 1 heterocycles. The lowest BCUT2D eigenvalue weighted by Gasteiger charge is -2.03. The molecule has 0 saturated carbocycles. The smallest absolute Gasteiger partial charge is 0.305 e. The van der Waals surface area contributed by atoms with E-state index in [0.29, 0.717) is 0 Å². The molecule has 0 atom stereocenters. The lowest BCUT2D eigenvalue weighted by Crippen LogP contribution is -1.94. The number of nitrogens with zero attached hydrogens (tertiary/aromatic N) is 4. The molecule has 0 saturated heterocycles. The highest BCUT2D eigenvalue weighted by atomic mass is 19.1. The molecule has 0 aliphatic carbocycles. The number of benzene rings is 1. The van der Waals surface area contributed by atoms with Gasteiger partial charge in [0, 0.05) is 12.1 Å². The van der Waals surface area contributed by atoms with Crippen molar-refractivity contribution in [3.63, 3.8) is 0 Å². The summed E-state index contributed by atoms with van der Waals surface area (Å²) in [6.45, 7) is 0.